The van der Waals surface area contributed by atoms with E-state index in [1.54, 1.807) is 16.2 Å². The number of hydrogen-bond donors (Lipinski definition) is 3. The first-order chi connectivity index (χ1) is 17.0. The van der Waals surface area contributed by atoms with E-state index in [2.05, 4.69) is 14.4 Å². The van der Waals surface area contributed by atoms with Crippen molar-refractivity contribution in [3.05, 3.63) is 44.7 Å². The van der Waals surface area contributed by atoms with E-state index in [1.807, 2.05) is 16.8 Å². The van der Waals surface area contributed by atoms with Crippen molar-refractivity contribution in [2.45, 2.75) is 43.3 Å². The fourth-order valence-electron chi connectivity index (χ4n) is 6.12. The van der Waals surface area contributed by atoms with Crippen LogP contribution < -0.4 is 10.0 Å². The zero-order valence-corrected chi connectivity index (χ0v) is 22.4. The lowest BCUT2D eigenvalue weighted by Gasteiger charge is -2.44. The lowest BCUT2D eigenvalue weighted by atomic mass is 9.77. The summed E-state index contributed by atoms with van der Waals surface area (Å²) >= 11 is 2.62. The summed E-state index contributed by atoms with van der Waals surface area (Å²) in [5.41, 5.74) is 1.15. The highest BCUT2D eigenvalue weighted by atomic mass is 32.2. The number of sulfonamides is 2. The van der Waals surface area contributed by atoms with E-state index in [9.17, 15) is 26.7 Å². The Balaban J connectivity index is 1.40. The lowest BCUT2D eigenvalue weighted by Crippen LogP contribution is -2.53. The smallest absolute Gasteiger partial charge is 0.287 e. The van der Waals surface area contributed by atoms with Crippen LogP contribution in [0.3, 0.4) is 0 Å². The molecule has 4 heterocycles. The van der Waals surface area contributed by atoms with Crippen LogP contribution in [-0.2, 0) is 37.9 Å². The first-order valence-corrected chi connectivity index (χ1v) is 16.6. The van der Waals surface area contributed by atoms with Gasteiger partial charge in [-0.05, 0) is 58.9 Å². The van der Waals surface area contributed by atoms with Crippen molar-refractivity contribution in [2.24, 2.45) is 22.2 Å². The maximum Gasteiger partial charge on any atom is 0.287 e. The Kier molecular flexibility index (Phi) is 5.61. The summed E-state index contributed by atoms with van der Waals surface area (Å²) < 4.78 is 55.6. The summed E-state index contributed by atoms with van der Waals surface area (Å²) in [4.78, 5) is 15.5. The Labute approximate surface area is 216 Å². The number of amidine groups is 1. The molecule has 2 aliphatic carbocycles. The molecule has 14 heteroatoms. The SMILES string of the molecule is CS(=O)(=O)NCc1csc2c1S(=O)(=O)N=C(C1=C(O)C3C([C@@H]4CC[C@H]3C4)N(Cc3ccsc3)C1=O)N2. The molecule has 3 N–H and O–H groups in total. The first-order valence-electron chi connectivity index (χ1n) is 11.5. The molecule has 0 radical (unpaired) electrons. The van der Waals surface area contributed by atoms with Gasteiger partial charge in [0, 0.05) is 30.6 Å². The molecule has 10 nitrogen and oxygen atoms in total. The molecule has 2 fully saturated rings. The standard InChI is InChI=1S/C22H24N4O6S4/c1-35(29,30)23-7-14-10-34-21-19(14)36(31,32)25-20(24-21)16-18(27)15-12-2-3-13(6-12)17(15)26(22(16)28)8-11-4-5-33-9-11/h4-5,9-10,12-13,15,17,23,27H,2-3,6-8H2,1H3,(H,24,25)/t12-,13+,15?,17?/m0/s1. The number of hydrogen-bond acceptors (Lipinski definition) is 9. The van der Waals surface area contributed by atoms with Gasteiger partial charge in [-0.25, -0.2) is 13.1 Å². The Bertz CT molecular complexity index is 1520. The van der Waals surface area contributed by atoms with Crippen molar-refractivity contribution in [3.63, 3.8) is 0 Å². The van der Waals surface area contributed by atoms with Crippen molar-refractivity contribution in [3.8, 4) is 0 Å². The Morgan fingerprint density at radius 1 is 1.28 bits per heavy atom. The summed E-state index contributed by atoms with van der Waals surface area (Å²) in [6, 6.07) is 1.84. The number of carbonyl (C=O) groups is 1. The molecule has 192 valence electrons. The number of rotatable bonds is 6. The van der Waals surface area contributed by atoms with Crippen LogP contribution in [0.15, 0.2) is 42.8 Å². The number of aliphatic hydroxyl groups excluding tert-OH is 1. The molecule has 0 spiro atoms. The molecule has 4 atom stereocenters. The van der Waals surface area contributed by atoms with Crippen LogP contribution in [0.2, 0.25) is 0 Å². The van der Waals surface area contributed by atoms with E-state index in [0.717, 1.165) is 42.4 Å². The summed E-state index contributed by atoms with van der Waals surface area (Å²) in [6.07, 6.45) is 3.90. The number of aliphatic hydroxyl groups is 1. The molecule has 0 aromatic carbocycles. The van der Waals surface area contributed by atoms with Crippen LogP contribution in [0.25, 0.3) is 0 Å². The van der Waals surface area contributed by atoms with Gasteiger partial charge in [0.05, 0.1) is 6.26 Å². The number of carbonyl (C=O) groups excluding carboxylic acids is 1. The topological polar surface area (TPSA) is 145 Å². The van der Waals surface area contributed by atoms with Crippen molar-refractivity contribution in [1.29, 1.82) is 0 Å². The third-order valence-corrected chi connectivity index (χ3v) is 11.4. The van der Waals surface area contributed by atoms with Crippen molar-refractivity contribution in [1.82, 2.24) is 9.62 Å². The summed E-state index contributed by atoms with van der Waals surface area (Å²) in [7, 11) is -7.79. The molecule has 1 amide bonds. The number of fused-ring (bicyclic) bond motifs is 6. The number of nitrogens with one attached hydrogen (secondary N) is 2. The molecule has 4 aliphatic rings. The fourth-order valence-corrected chi connectivity index (χ4v) is 9.80. The van der Waals surface area contributed by atoms with Crippen LogP contribution in [0.1, 0.15) is 30.4 Å². The van der Waals surface area contributed by atoms with Gasteiger partial charge in [-0.2, -0.15) is 19.8 Å². The Hall–Kier alpha value is -2.26. The Morgan fingerprint density at radius 3 is 2.78 bits per heavy atom. The van der Waals surface area contributed by atoms with Crippen LogP contribution in [0.4, 0.5) is 5.00 Å². The Morgan fingerprint density at radius 2 is 2.06 bits per heavy atom. The maximum absolute atomic E-state index is 13.8. The van der Waals surface area contributed by atoms with E-state index in [4.69, 9.17) is 0 Å². The number of amides is 1. The molecule has 2 unspecified atom stereocenters. The van der Waals surface area contributed by atoms with E-state index >= 15 is 0 Å². The quantitative estimate of drug-likeness (QED) is 0.486. The lowest BCUT2D eigenvalue weighted by molar-refractivity contribution is -0.134. The monoisotopic (exact) mass is 568 g/mol. The number of anilines is 1. The van der Waals surface area contributed by atoms with Gasteiger partial charge in [0.1, 0.15) is 21.2 Å². The van der Waals surface area contributed by atoms with Gasteiger partial charge in [0.2, 0.25) is 10.0 Å². The van der Waals surface area contributed by atoms with Crippen molar-refractivity contribution >= 4 is 59.5 Å². The average molecular weight is 569 g/mol. The predicted octanol–water partition coefficient (Wildman–Crippen LogP) is 2.64. The largest absolute Gasteiger partial charge is 0.511 e. The molecule has 2 saturated carbocycles. The third kappa shape index (κ3) is 3.90. The highest BCUT2D eigenvalue weighted by molar-refractivity contribution is 7.91. The summed E-state index contributed by atoms with van der Waals surface area (Å²) in [6.45, 7) is 0.180. The zero-order chi connectivity index (χ0) is 25.4. The van der Waals surface area contributed by atoms with Gasteiger partial charge < -0.3 is 15.3 Å². The van der Waals surface area contributed by atoms with Gasteiger partial charge in [-0.15, -0.1) is 15.7 Å². The van der Waals surface area contributed by atoms with Gasteiger partial charge in [-0.1, -0.05) is 0 Å². The van der Waals surface area contributed by atoms with E-state index in [0.29, 0.717) is 12.5 Å². The second kappa shape index (κ2) is 8.38. The minimum atomic E-state index is -4.26. The molecule has 6 rings (SSSR count). The fraction of sp³-hybridized carbons (Fsp3) is 0.455. The second-order valence-electron chi connectivity index (χ2n) is 9.73. The summed E-state index contributed by atoms with van der Waals surface area (Å²) in [5, 5.41) is 20.0. The molecular formula is C22H24N4O6S4. The highest BCUT2D eigenvalue weighted by Crippen LogP contribution is 2.55. The van der Waals surface area contributed by atoms with E-state index in [-0.39, 0.29) is 57.1 Å². The highest BCUT2D eigenvalue weighted by Gasteiger charge is 2.57. The van der Waals surface area contributed by atoms with Gasteiger partial charge in [0.25, 0.3) is 15.9 Å². The maximum atomic E-state index is 13.8. The van der Waals surface area contributed by atoms with Gasteiger partial charge >= 0.3 is 0 Å². The number of thiophene rings is 2. The van der Waals surface area contributed by atoms with Crippen molar-refractivity contribution in [2.75, 3.05) is 11.6 Å². The molecule has 2 aromatic rings. The molecule has 0 saturated heterocycles. The molecular weight excluding hydrogens is 545 g/mol. The van der Waals surface area contributed by atoms with Crippen molar-refractivity contribution < 1.29 is 26.7 Å². The normalized spacial score (nSPS) is 28.6. The van der Waals surface area contributed by atoms with Crippen LogP contribution in [0, 0.1) is 17.8 Å². The van der Waals surface area contributed by atoms with E-state index < -0.39 is 26.0 Å². The summed E-state index contributed by atoms with van der Waals surface area (Å²) in [5.74, 6) is -0.412. The molecule has 2 aromatic heterocycles. The molecule has 2 bridgehead atoms. The van der Waals surface area contributed by atoms with Crippen LogP contribution in [-0.4, -0.2) is 50.9 Å². The predicted molar refractivity (Wildman–Crippen MR) is 137 cm³/mol. The average Bonchev–Trinajstić information content (AvgIpc) is 3.58. The number of nitrogens with zero attached hydrogens (tertiary/aromatic N) is 2. The third-order valence-electron chi connectivity index (χ3n) is 7.49. The van der Waals surface area contributed by atoms with Crippen LogP contribution >= 0.6 is 22.7 Å². The first kappa shape index (κ1) is 24.1. The van der Waals surface area contributed by atoms with Gasteiger partial charge in [-0.3, -0.25) is 4.79 Å². The minimum Gasteiger partial charge on any atom is -0.511 e. The van der Waals surface area contributed by atoms with E-state index in [1.165, 1.54) is 5.38 Å². The van der Waals surface area contributed by atoms with Crippen LogP contribution in [0.5, 0.6) is 0 Å². The zero-order valence-electron chi connectivity index (χ0n) is 19.2. The molecule has 36 heavy (non-hydrogen) atoms. The van der Waals surface area contributed by atoms with Gasteiger partial charge in [0.15, 0.2) is 5.84 Å². The minimum absolute atomic E-state index is 0.0841. The second-order valence-corrected chi connectivity index (χ2v) is 14.8. The molecule has 2 aliphatic heterocycles.